The van der Waals surface area contributed by atoms with Crippen molar-refractivity contribution in [2.24, 2.45) is 0 Å². The monoisotopic (exact) mass is 398 g/mol. The molecule has 0 heterocycles. The topological polar surface area (TPSA) is 90.7 Å². The van der Waals surface area contributed by atoms with Crippen LogP contribution < -0.4 is 14.8 Å². The zero-order valence-corrected chi connectivity index (χ0v) is 15.5. The van der Waals surface area contributed by atoms with Crippen LogP contribution in [0.5, 0.6) is 11.5 Å². The standard InChI is InChI=1S/C17H16Cl2N2O5/c1-10(13-5-3-11(18)7-14(13)19)20-17(22)9-26-16-8-12(21(23)24)4-6-15(16)25-2/h3-8,10H,9H2,1-2H3,(H,20,22)/t10-/m0/s1. The number of ether oxygens (including phenoxy) is 2. The molecule has 0 spiro atoms. The predicted octanol–water partition coefficient (Wildman–Crippen LogP) is 4.17. The molecule has 0 aliphatic rings. The summed E-state index contributed by atoms with van der Waals surface area (Å²) in [6.07, 6.45) is 0. The second-order valence-electron chi connectivity index (χ2n) is 5.34. The van der Waals surface area contributed by atoms with Gasteiger partial charge in [0.2, 0.25) is 0 Å². The van der Waals surface area contributed by atoms with Crippen molar-refractivity contribution in [3.05, 3.63) is 62.1 Å². The van der Waals surface area contributed by atoms with Gasteiger partial charge >= 0.3 is 0 Å². The number of nitro benzene ring substituents is 1. The number of hydrogen-bond acceptors (Lipinski definition) is 5. The Kier molecular flexibility index (Phi) is 6.65. The minimum absolute atomic E-state index is 0.106. The Morgan fingerprint density at radius 2 is 1.96 bits per heavy atom. The molecule has 26 heavy (non-hydrogen) atoms. The molecule has 0 saturated carbocycles. The SMILES string of the molecule is COc1ccc([N+](=O)[O-])cc1OCC(=O)N[C@@H](C)c1ccc(Cl)cc1Cl. The van der Waals surface area contributed by atoms with E-state index in [9.17, 15) is 14.9 Å². The largest absolute Gasteiger partial charge is 0.493 e. The van der Waals surface area contributed by atoms with E-state index in [1.54, 1.807) is 25.1 Å². The van der Waals surface area contributed by atoms with Crippen molar-refractivity contribution >= 4 is 34.8 Å². The fraction of sp³-hybridized carbons (Fsp3) is 0.235. The number of methoxy groups -OCH3 is 1. The van der Waals surface area contributed by atoms with Gasteiger partial charge in [0.05, 0.1) is 24.1 Å². The van der Waals surface area contributed by atoms with Crippen LogP contribution in [0.3, 0.4) is 0 Å². The lowest BCUT2D eigenvalue weighted by atomic mass is 10.1. The smallest absolute Gasteiger partial charge is 0.273 e. The molecule has 0 radical (unpaired) electrons. The molecule has 2 rings (SSSR count). The first-order chi connectivity index (χ1) is 12.3. The summed E-state index contributed by atoms with van der Waals surface area (Å²) in [5, 5.41) is 14.5. The number of halogens is 2. The molecular formula is C17H16Cl2N2O5. The number of rotatable bonds is 7. The van der Waals surface area contributed by atoms with Crippen LogP contribution in [0.25, 0.3) is 0 Å². The van der Waals surface area contributed by atoms with E-state index in [1.165, 1.54) is 25.3 Å². The lowest BCUT2D eigenvalue weighted by molar-refractivity contribution is -0.385. The minimum atomic E-state index is -0.559. The molecular weight excluding hydrogens is 383 g/mol. The summed E-state index contributed by atoms with van der Waals surface area (Å²) in [5.41, 5.74) is 0.542. The summed E-state index contributed by atoms with van der Waals surface area (Å²) in [6.45, 7) is 1.42. The number of non-ortho nitro benzene ring substituents is 1. The average molecular weight is 399 g/mol. The third-order valence-corrected chi connectivity index (χ3v) is 4.09. The van der Waals surface area contributed by atoms with E-state index in [2.05, 4.69) is 5.32 Å². The molecule has 1 N–H and O–H groups in total. The van der Waals surface area contributed by atoms with Crippen LogP contribution in [-0.2, 0) is 4.79 Å². The molecule has 7 nitrogen and oxygen atoms in total. The normalized spacial score (nSPS) is 11.5. The van der Waals surface area contributed by atoms with Crippen molar-refractivity contribution in [3.8, 4) is 11.5 Å². The Morgan fingerprint density at radius 1 is 1.23 bits per heavy atom. The quantitative estimate of drug-likeness (QED) is 0.558. The fourth-order valence-electron chi connectivity index (χ4n) is 2.25. The summed E-state index contributed by atoms with van der Waals surface area (Å²) in [7, 11) is 1.40. The van der Waals surface area contributed by atoms with Crippen molar-refractivity contribution in [1.82, 2.24) is 5.32 Å². The molecule has 0 fully saturated rings. The molecule has 0 saturated heterocycles. The second kappa shape index (κ2) is 8.73. The highest BCUT2D eigenvalue weighted by molar-refractivity contribution is 6.35. The number of carbonyl (C=O) groups is 1. The number of nitrogens with one attached hydrogen (secondary N) is 1. The summed E-state index contributed by atoms with van der Waals surface area (Å²) < 4.78 is 10.5. The van der Waals surface area contributed by atoms with Gasteiger partial charge in [-0.25, -0.2) is 0 Å². The van der Waals surface area contributed by atoms with E-state index in [-0.39, 0.29) is 29.8 Å². The first-order valence-electron chi connectivity index (χ1n) is 7.51. The van der Waals surface area contributed by atoms with Crippen molar-refractivity contribution in [3.63, 3.8) is 0 Å². The first-order valence-corrected chi connectivity index (χ1v) is 8.27. The lowest BCUT2D eigenvalue weighted by Crippen LogP contribution is -2.31. The average Bonchev–Trinajstić information content (AvgIpc) is 2.59. The Balaban J connectivity index is 2.02. The molecule has 2 aromatic rings. The maximum Gasteiger partial charge on any atom is 0.273 e. The lowest BCUT2D eigenvalue weighted by Gasteiger charge is -2.16. The molecule has 0 aliphatic carbocycles. The Bertz CT molecular complexity index is 829. The fourth-order valence-corrected chi connectivity index (χ4v) is 2.82. The van der Waals surface area contributed by atoms with Crippen LogP contribution in [0, 0.1) is 10.1 Å². The van der Waals surface area contributed by atoms with E-state index in [4.69, 9.17) is 32.7 Å². The van der Waals surface area contributed by atoms with Gasteiger partial charge in [-0.15, -0.1) is 0 Å². The van der Waals surface area contributed by atoms with Crippen LogP contribution in [0.1, 0.15) is 18.5 Å². The molecule has 1 atom stereocenters. The summed E-state index contributed by atoms with van der Waals surface area (Å²) in [6, 6.07) is 8.51. The summed E-state index contributed by atoms with van der Waals surface area (Å²) in [4.78, 5) is 22.4. The third kappa shape index (κ3) is 5.00. The molecule has 2 aromatic carbocycles. The van der Waals surface area contributed by atoms with Crippen molar-refractivity contribution in [2.75, 3.05) is 13.7 Å². The molecule has 0 bridgehead atoms. The van der Waals surface area contributed by atoms with Crippen LogP contribution in [0.4, 0.5) is 5.69 Å². The van der Waals surface area contributed by atoms with E-state index in [0.29, 0.717) is 15.6 Å². The molecule has 9 heteroatoms. The van der Waals surface area contributed by atoms with Gasteiger partial charge in [0.1, 0.15) is 0 Å². The van der Waals surface area contributed by atoms with E-state index < -0.39 is 10.8 Å². The predicted molar refractivity (Wildman–Crippen MR) is 98.2 cm³/mol. The van der Waals surface area contributed by atoms with Gasteiger partial charge in [-0.3, -0.25) is 14.9 Å². The summed E-state index contributed by atoms with van der Waals surface area (Å²) in [5.74, 6) is -0.0247. The highest BCUT2D eigenvalue weighted by Crippen LogP contribution is 2.31. The van der Waals surface area contributed by atoms with E-state index in [1.807, 2.05) is 0 Å². The zero-order valence-electron chi connectivity index (χ0n) is 14.0. The zero-order chi connectivity index (χ0) is 19.3. The van der Waals surface area contributed by atoms with Crippen molar-refractivity contribution < 1.29 is 19.2 Å². The summed E-state index contributed by atoms with van der Waals surface area (Å²) >= 11 is 12.0. The molecule has 0 aromatic heterocycles. The van der Waals surface area contributed by atoms with Gasteiger partial charge in [0, 0.05) is 16.1 Å². The highest BCUT2D eigenvalue weighted by Gasteiger charge is 2.16. The minimum Gasteiger partial charge on any atom is -0.493 e. The van der Waals surface area contributed by atoms with Gasteiger partial charge in [0.15, 0.2) is 18.1 Å². The third-order valence-electron chi connectivity index (χ3n) is 3.52. The van der Waals surface area contributed by atoms with Crippen LogP contribution in [-0.4, -0.2) is 24.5 Å². The number of benzene rings is 2. The van der Waals surface area contributed by atoms with Gasteiger partial charge < -0.3 is 14.8 Å². The number of amides is 1. The Morgan fingerprint density at radius 3 is 2.58 bits per heavy atom. The van der Waals surface area contributed by atoms with Gasteiger partial charge in [0.25, 0.3) is 11.6 Å². The van der Waals surface area contributed by atoms with Crippen LogP contribution in [0.15, 0.2) is 36.4 Å². The molecule has 0 aliphatic heterocycles. The number of nitrogens with zero attached hydrogens (tertiary/aromatic N) is 1. The van der Waals surface area contributed by atoms with Crippen molar-refractivity contribution in [2.45, 2.75) is 13.0 Å². The van der Waals surface area contributed by atoms with Gasteiger partial charge in [-0.1, -0.05) is 29.3 Å². The highest BCUT2D eigenvalue weighted by atomic mass is 35.5. The maximum atomic E-state index is 12.1. The molecule has 138 valence electrons. The van der Waals surface area contributed by atoms with E-state index >= 15 is 0 Å². The Labute approximate surface area is 160 Å². The number of hydrogen-bond donors (Lipinski definition) is 1. The van der Waals surface area contributed by atoms with Crippen LogP contribution >= 0.6 is 23.2 Å². The molecule has 0 unspecified atom stereocenters. The first kappa shape index (κ1) is 19.8. The van der Waals surface area contributed by atoms with Gasteiger partial charge in [-0.05, 0) is 30.7 Å². The van der Waals surface area contributed by atoms with Crippen LogP contribution in [0.2, 0.25) is 10.0 Å². The maximum absolute atomic E-state index is 12.1. The van der Waals surface area contributed by atoms with Crippen molar-refractivity contribution in [1.29, 1.82) is 0 Å². The second-order valence-corrected chi connectivity index (χ2v) is 6.18. The Hall–Kier alpha value is -2.51. The molecule has 1 amide bonds. The van der Waals surface area contributed by atoms with Gasteiger partial charge in [-0.2, -0.15) is 0 Å². The number of carbonyl (C=O) groups excluding carboxylic acids is 1. The van der Waals surface area contributed by atoms with E-state index in [0.717, 1.165) is 0 Å². The number of nitro groups is 1.